The number of carboxylic acids is 1. The molecule has 6 heteroatoms. The zero-order valence-electron chi connectivity index (χ0n) is 17.8. The third kappa shape index (κ3) is 3.75. The zero-order valence-corrected chi connectivity index (χ0v) is 17.8. The van der Waals surface area contributed by atoms with Crippen molar-refractivity contribution in [3.8, 4) is 5.75 Å². The molecule has 1 fully saturated rings. The molecule has 1 saturated heterocycles. The smallest absolute Gasteiger partial charge is 0.339 e. The first-order chi connectivity index (χ1) is 14.9. The Bertz CT molecular complexity index is 969. The SMILES string of the molecule is CC1(CCCN2CCCCC2)C(=O)c2cccc(C(=O)O)c2OC1(O)c1ccccc1. The molecule has 164 valence electrons. The molecule has 2 aromatic carbocycles. The number of aromatic carboxylic acids is 1. The third-order valence-corrected chi connectivity index (χ3v) is 6.75. The van der Waals surface area contributed by atoms with E-state index < -0.39 is 17.2 Å². The number of hydrogen-bond acceptors (Lipinski definition) is 5. The normalized spacial score (nSPS) is 26.2. The fraction of sp³-hybridized carbons (Fsp3) is 0.440. The van der Waals surface area contributed by atoms with Crippen LogP contribution in [0.15, 0.2) is 48.5 Å². The number of ether oxygens (including phenoxy) is 1. The number of carbonyl (C=O) groups is 2. The first-order valence-electron chi connectivity index (χ1n) is 11.0. The second-order valence-corrected chi connectivity index (χ2v) is 8.77. The van der Waals surface area contributed by atoms with Crippen LogP contribution >= 0.6 is 0 Å². The molecule has 0 spiro atoms. The van der Waals surface area contributed by atoms with Crippen molar-refractivity contribution in [1.82, 2.24) is 4.90 Å². The molecule has 2 atom stereocenters. The number of Topliss-reactive ketones (excluding diaryl/α,β-unsaturated/α-hetero) is 1. The predicted molar refractivity (Wildman–Crippen MR) is 116 cm³/mol. The summed E-state index contributed by atoms with van der Waals surface area (Å²) in [6.07, 6.45) is 4.80. The van der Waals surface area contributed by atoms with Crippen LogP contribution in [0.2, 0.25) is 0 Å². The molecule has 0 aromatic heterocycles. The number of para-hydroxylation sites is 1. The van der Waals surface area contributed by atoms with Crippen molar-refractivity contribution >= 4 is 11.8 Å². The number of piperidine rings is 1. The first-order valence-corrected chi connectivity index (χ1v) is 11.0. The van der Waals surface area contributed by atoms with Gasteiger partial charge in [0.25, 0.3) is 0 Å². The van der Waals surface area contributed by atoms with E-state index in [1.165, 1.54) is 25.3 Å². The summed E-state index contributed by atoms with van der Waals surface area (Å²) in [4.78, 5) is 27.9. The van der Waals surface area contributed by atoms with E-state index in [1.807, 2.05) is 6.07 Å². The van der Waals surface area contributed by atoms with Gasteiger partial charge in [0.2, 0.25) is 5.79 Å². The lowest BCUT2D eigenvalue weighted by atomic mass is 9.67. The van der Waals surface area contributed by atoms with Crippen LogP contribution in [-0.2, 0) is 5.79 Å². The lowest BCUT2D eigenvalue weighted by Gasteiger charge is -2.47. The number of benzene rings is 2. The summed E-state index contributed by atoms with van der Waals surface area (Å²) in [7, 11) is 0. The summed E-state index contributed by atoms with van der Waals surface area (Å²) in [6, 6.07) is 13.3. The van der Waals surface area contributed by atoms with Gasteiger partial charge in [-0.25, -0.2) is 4.79 Å². The van der Waals surface area contributed by atoms with E-state index in [-0.39, 0.29) is 22.7 Å². The molecule has 2 aliphatic heterocycles. The number of aliphatic hydroxyl groups is 1. The Balaban J connectivity index is 1.72. The maximum absolute atomic E-state index is 13.7. The second kappa shape index (κ2) is 8.44. The molecular weight excluding hydrogens is 394 g/mol. The predicted octanol–water partition coefficient (Wildman–Crippen LogP) is 4.08. The van der Waals surface area contributed by atoms with Gasteiger partial charge < -0.3 is 19.8 Å². The lowest BCUT2D eigenvalue weighted by molar-refractivity contribution is -0.218. The van der Waals surface area contributed by atoms with Crippen LogP contribution in [0.5, 0.6) is 5.75 Å². The Morgan fingerprint density at radius 1 is 1.06 bits per heavy atom. The van der Waals surface area contributed by atoms with Crippen molar-refractivity contribution in [1.29, 1.82) is 0 Å². The zero-order chi connectivity index (χ0) is 22.1. The quantitative estimate of drug-likeness (QED) is 0.728. The average molecular weight is 424 g/mol. The number of rotatable bonds is 6. The molecule has 0 saturated carbocycles. The molecule has 0 aliphatic carbocycles. The van der Waals surface area contributed by atoms with Crippen molar-refractivity contribution < 1.29 is 24.5 Å². The minimum atomic E-state index is -1.97. The van der Waals surface area contributed by atoms with Gasteiger partial charge in [-0.3, -0.25) is 4.79 Å². The van der Waals surface area contributed by atoms with Crippen LogP contribution in [-0.4, -0.2) is 46.5 Å². The number of carbonyl (C=O) groups excluding carboxylic acids is 1. The van der Waals surface area contributed by atoms with E-state index in [9.17, 15) is 19.8 Å². The van der Waals surface area contributed by atoms with Gasteiger partial charge in [0.05, 0.1) is 5.56 Å². The molecule has 0 amide bonds. The minimum Gasteiger partial charge on any atom is -0.478 e. The standard InChI is InChI=1S/C25H29NO5/c1-24(14-9-17-26-15-6-3-7-16-26)22(27)19-12-8-13-20(23(28)29)21(19)31-25(24,30)18-10-4-2-5-11-18/h2,4-5,8,10-13,30H,3,6-7,9,14-17H2,1H3,(H,28,29). The number of nitrogens with zero attached hydrogens (tertiary/aromatic N) is 1. The van der Waals surface area contributed by atoms with Gasteiger partial charge in [0.15, 0.2) is 5.78 Å². The van der Waals surface area contributed by atoms with Gasteiger partial charge in [-0.15, -0.1) is 0 Å². The van der Waals surface area contributed by atoms with E-state index in [0.29, 0.717) is 12.0 Å². The Kier molecular flexibility index (Phi) is 5.86. The highest BCUT2D eigenvalue weighted by molar-refractivity contribution is 6.07. The van der Waals surface area contributed by atoms with Crippen molar-refractivity contribution in [2.24, 2.45) is 5.41 Å². The Hall–Kier alpha value is -2.70. The Morgan fingerprint density at radius 3 is 2.45 bits per heavy atom. The van der Waals surface area contributed by atoms with E-state index in [0.717, 1.165) is 26.1 Å². The summed E-state index contributed by atoms with van der Waals surface area (Å²) in [5.74, 6) is -3.53. The number of hydrogen-bond donors (Lipinski definition) is 2. The van der Waals surface area contributed by atoms with Crippen LogP contribution in [0.25, 0.3) is 0 Å². The molecule has 4 rings (SSSR count). The van der Waals surface area contributed by atoms with Crippen molar-refractivity contribution in [3.05, 3.63) is 65.2 Å². The monoisotopic (exact) mass is 423 g/mol. The fourth-order valence-corrected chi connectivity index (χ4v) is 4.87. The molecule has 2 aromatic rings. The van der Waals surface area contributed by atoms with E-state index in [2.05, 4.69) is 4.90 Å². The minimum absolute atomic E-state index is 0.0696. The Labute approximate surface area is 182 Å². The highest BCUT2D eigenvalue weighted by atomic mass is 16.6. The topological polar surface area (TPSA) is 87.1 Å². The van der Waals surface area contributed by atoms with Gasteiger partial charge in [-0.2, -0.15) is 0 Å². The molecule has 2 N–H and O–H groups in total. The highest BCUT2D eigenvalue weighted by Gasteiger charge is 2.59. The van der Waals surface area contributed by atoms with Gasteiger partial charge in [0, 0.05) is 5.56 Å². The lowest BCUT2D eigenvalue weighted by Crippen LogP contribution is -2.56. The molecule has 2 aliphatic rings. The van der Waals surface area contributed by atoms with Crippen LogP contribution in [0.4, 0.5) is 0 Å². The number of fused-ring (bicyclic) bond motifs is 1. The number of carboxylic acid groups (broad SMARTS) is 1. The maximum atomic E-state index is 13.7. The summed E-state index contributed by atoms with van der Waals surface area (Å²) >= 11 is 0. The van der Waals surface area contributed by atoms with Crippen molar-refractivity contribution in [3.63, 3.8) is 0 Å². The van der Waals surface area contributed by atoms with E-state index in [1.54, 1.807) is 43.3 Å². The highest BCUT2D eigenvalue weighted by Crippen LogP contribution is 2.52. The molecule has 2 heterocycles. The second-order valence-electron chi connectivity index (χ2n) is 8.77. The van der Waals surface area contributed by atoms with Gasteiger partial charge in [-0.1, -0.05) is 42.8 Å². The van der Waals surface area contributed by atoms with E-state index in [4.69, 9.17) is 4.74 Å². The van der Waals surface area contributed by atoms with Crippen LogP contribution in [0.3, 0.4) is 0 Å². The van der Waals surface area contributed by atoms with Crippen LogP contribution in [0, 0.1) is 5.41 Å². The van der Waals surface area contributed by atoms with Crippen molar-refractivity contribution in [2.75, 3.05) is 19.6 Å². The third-order valence-electron chi connectivity index (χ3n) is 6.75. The fourth-order valence-electron chi connectivity index (χ4n) is 4.87. The molecule has 31 heavy (non-hydrogen) atoms. The largest absolute Gasteiger partial charge is 0.478 e. The average Bonchev–Trinajstić information content (AvgIpc) is 2.79. The first kappa shape index (κ1) is 21.5. The van der Waals surface area contributed by atoms with Gasteiger partial charge in [-0.05, 0) is 64.4 Å². The summed E-state index contributed by atoms with van der Waals surface area (Å²) in [5.41, 5.74) is -0.736. The molecular formula is C25H29NO5. The number of likely N-dealkylation sites (tertiary alicyclic amines) is 1. The van der Waals surface area contributed by atoms with Crippen molar-refractivity contribution in [2.45, 2.75) is 44.8 Å². The molecule has 0 radical (unpaired) electrons. The summed E-state index contributed by atoms with van der Waals surface area (Å²) in [6.45, 7) is 4.72. The summed E-state index contributed by atoms with van der Waals surface area (Å²) < 4.78 is 6.07. The molecule has 2 unspecified atom stereocenters. The summed E-state index contributed by atoms with van der Waals surface area (Å²) in [5, 5.41) is 21.5. The molecule has 6 nitrogen and oxygen atoms in total. The maximum Gasteiger partial charge on any atom is 0.339 e. The van der Waals surface area contributed by atoms with Gasteiger partial charge in [0.1, 0.15) is 16.7 Å². The Morgan fingerprint density at radius 2 is 1.77 bits per heavy atom. The van der Waals surface area contributed by atoms with Crippen LogP contribution < -0.4 is 4.74 Å². The number of ketones is 1. The van der Waals surface area contributed by atoms with Crippen LogP contribution in [0.1, 0.15) is 65.3 Å². The van der Waals surface area contributed by atoms with Gasteiger partial charge >= 0.3 is 5.97 Å². The van der Waals surface area contributed by atoms with E-state index >= 15 is 0 Å². The molecule has 0 bridgehead atoms.